The van der Waals surface area contributed by atoms with Crippen molar-refractivity contribution in [1.29, 1.82) is 0 Å². The number of hydrogen-bond acceptors (Lipinski definition) is 4. The third-order valence-electron chi connectivity index (χ3n) is 3.45. The Kier molecular flexibility index (Phi) is 4.12. The third-order valence-corrected chi connectivity index (χ3v) is 4.17. The first-order valence-electron chi connectivity index (χ1n) is 6.59. The van der Waals surface area contributed by atoms with Crippen molar-refractivity contribution in [1.82, 2.24) is 15.5 Å². The zero-order valence-electron chi connectivity index (χ0n) is 10.6. The molecular formula is C14H16IN3O. The van der Waals surface area contributed by atoms with E-state index in [0.717, 1.165) is 44.1 Å². The molecule has 1 aliphatic heterocycles. The first-order valence-corrected chi connectivity index (χ1v) is 7.67. The summed E-state index contributed by atoms with van der Waals surface area (Å²) in [5, 5.41) is 7.45. The summed E-state index contributed by atoms with van der Waals surface area (Å²) in [7, 11) is 0. The van der Waals surface area contributed by atoms with Gasteiger partial charge in [-0.1, -0.05) is 17.3 Å². The van der Waals surface area contributed by atoms with E-state index in [0.29, 0.717) is 5.92 Å². The van der Waals surface area contributed by atoms with Crippen LogP contribution in [0.5, 0.6) is 0 Å². The molecule has 0 atom stereocenters. The molecule has 19 heavy (non-hydrogen) atoms. The van der Waals surface area contributed by atoms with E-state index in [1.54, 1.807) is 0 Å². The summed E-state index contributed by atoms with van der Waals surface area (Å²) in [5.41, 5.74) is 1.22. The first-order chi connectivity index (χ1) is 9.31. The molecule has 1 N–H and O–H groups in total. The van der Waals surface area contributed by atoms with Crippen LogP contribution in [-0.2, 0) is 6.42 Å². The molecule has 1 fully saturated rings. The molecule has 2 aromatic rings. The normalized spacial score (nSPS) is 16.7. The third kappa shape index (κ3) is 3.33. The number of aromatic nitrogens is 2. The monoisotopic (exact) mass is 369 g/mol. The fourth-order valence-electron chi connectivity index (χ4n) is 2.36. The SMILES string of the molecule is Ic1ccc(Cc2noc(C3CCNCC3)n2)cc1. The quantitative estimate of drug-likeness (QED) is 0.846. The molecule has 100 valence electrons. The van der Waals surface area contributed by atoms with Gasteiger partial charge in [0.05, 0.1) is 0 Å². The van der Waals surface area contributed by atoms with Crippen molar-refractivity contribution < 1.29 is 4.52 Å². The standard InChI is InChI=1S/C14H16IN3O/c15-12-3-1-10(2-4-12)9-13-17-14(19-18-13)11-5-7-16-8-6-11/h1-4,11,16H,5-9H2. The number of nitrogens with one attached hydrogen (secondary N) is 1. The van der Waals surface area contributed by atoms with E-state index in [1.165, 1.54) is 9.13 Å². The smallest absolute Gasteiger partial charge is 0.229 e. The fourth-order valence-corrected chi connectivity index (χ4v) is 2.72. The lowest BCUT2D eigenvalue weighted by molar-refractivity contribution is 0.318. The highest BCUT2D eigenvalue weighted by atomic mass is 127. The second kappa shape index (κ2) is 6.00. The van der Waals surface area contributed by atoms with Gasteiger partial charge in [-0.15, -0.1) is 0 Å². The second-order valence-corrected chi connectivity index (χ2v) is 6.12. The molecule has 0 bridgehead atoms. The second-order valence-electron chi connectivity index (χ2n) is 4.88. The van der Waals surface area contributed by atoms with Crippen LogP contribution in [0.25, 0.3) is 0 Å². The van der Waals surface area contributed by atoms with E-state index in [2.05, 4.69) is 62.3 Å². The lowest BCUT2D eigenvalue weighted by atomic mass is 9.98. The Hall–Kier alpha value is -0.950. The highest BCUT2D eigenvalue weighted by Crippen LogP contribution is 2.23. The minimum atomic E-state index is 0.430. The molecule has 0 radical (unpaired) electrons. The molecular weight excluding hydrogens is 353 g/mol. The molecule has 0 aliphatic carbocycles. The van der Waals surface area contributed by atoms with E-state index in [4.69, 9.17) is 4.52 Å². The molecule has 0 amide bonds. The number of hydrogen-bond donors (Lipinski definition) is 1. The van der Waals surface area contributed by atoms with Crippen LogP contribution in [0.15, 0.2) is 28.8 Å². The van der Waals surface area contributed by atoms with Gasteiger partial charge in [-0.05, 0) is 66.2 Å². The summed E-state index contributed by atoms with van der Waals surface area (Å²) < 4.78 is 6.65. The van der Waals surface area contributed by atoms with Crippen molar-refractivity contribution in [3.05, 3.63) is 45.1 Å². The lowest BCUT2D eigenvalue weighted by Gasteiger charge is -2.18. The van der Waals surface area contributed by atoms with Crippen molar-refractivity contribution in [2.75, 3.05) is 13.1 Å². The fraction of sp³-hybridized carbons (Fsp3) is 0.429. The van der Waals surface area contributed by atoms with Crippen LogP contribution in [0, 0.1) is 3.57 Å². The summed E-state index contributed by atoms with van der Waals surface area (Å²) in [6.45, 7) is 2.08. The maximum absolute atomic E-state index is 5.41. The summed E-state index contributed by atoms with van der Waals surface area (Å²) in [5.74, 6) is 2.02. The van der Waals surface area contributed by atoms with E-state index in [9.17, 15) is 0 Å². The molecule has 3 rings (SSSR count). The highest BCUT2D eigenvalue weighted by molar-refractivity contribution is 14.1. The first kappa shape index (κ1) is 13.1. The molecule has 1 saturated heterocycles. The molecule has 1 aromatic heterocycles. The Morgan fingerprint density at radius 1 is 1.21 bits per heavy atom. The minimum absolute atomic E-state index is 0.430. The Morgan fingerprint density at radius 2 is 1.95 bits per heavy atom. The number of nitrogens with zero attached hydrogens (tertiary/aromatic N) is 2. The maximum atomic E-state index is 5.41. The van der Waals surface area contributed by atoms with Crippen LogP contribution in [0.2, 0.25) is 0 Å². The van der Waals surface area contributed by atoms with Gasteiger partial charge in [-0.3, -0.25) is 0 Å². The number of benzene rings is 1. The molecule has 2 heterocycles. The van der Waals surface area contributed by atoms with Crippen LogP contribution in [0.3, 0.4) is 0 Å². The average molecular weight is 369 g/mol. The largest absolute Gasteiger partial charge is 0.339 e. The zero-order valence-corrected chi connectivity index (χ0v) is 12.8. The lowest BCUT2D eigenvalue weighted by Crippen LogP contribution is -2.26. The topological polar surface area (TPSA) is 51.0 Å². The van der Waals surface area contributed by atoms with E-state index in [-0.39, 0.29) is 0 Å². The van der Waals surface area contributed by atoms with Crippen LogP contribution in [0.4, 0.5) is 0 Å². The van der Waals surface area contributed by atoms with Gasteiger partial charge in [-0.25, -0.2) is 0 Å². The summed E-state index contributed by atoms with van der Waals surface area (Å²) in [6.07, 6.45) is 2.92. The summed E-state index contributed by atoms with van der Waals surface area (Å²) >= 11 is 2.31. The predicted octanol–water partition coefficient (Wildman–Crippen LogP) is 2.73. The number of halogens is 1. The van der Waals surface area contributed by atoms with Gasteiger partial charge in [0.2, 0.25) is 5.89 Å². The summed E-state index contributed by atoms with van der Waals surface area (Å²) in [6, 6.07) is 8.43. The van der Waals surface area contributed by atoms with E-state index in [1.807, 2.05) is 0 Å². The predicted molar refractivity (Wildman–Crippen MR) is 81.1 cm³/mol. The Labute approximate surface area is 126 Å². The van der Waals surface area contributed by atoms with E-state index >= 15 is 0 Å². The average Bonchev–Trinajstić information content (AvgIpc) is 2.91. The van der Waals surface area contributed by atoms with Gasteiger partial charge in [0.15, 0.2) is 5.82 Å². The molecule has 0 spiro atoms. The molecule has 1 aliphatic rings. The van der Waals surface area contributed by atoms with Crippen LogP contribution in [0.1, 0.15) is 36.0 Å². The van der Waals surface area contributed by atoms with Crippen molar-refractivity contribution >= 4 is 22.6 Å². The van der Waals surface area contributed by atoms with Gasteiger partial charge < -0.3 is 9.84 Å². The van der Waals surface area contributed by atoms with Gasteiger partial charge in [0.1, 0.15) is 0 Å². The Bertz CT molecular complexity index is 532. The zero-order chi connectivity index (χ0) is 13.1. The molecule has 5 heteroatoms. The van der Waals surface area contributed by atoms with Gasteiger partial charge >= 0.3 is 0 Å². The minimum Gasteiger partial charge on any atom is -0.339 e. The number of piperidine rings is 1. The molecule has 1 aromatic carbocycles. The Morgan fingerprint density at radius 3 is 2.68 bits per heavy atom. The summed E-state index contributed by atoms with van der Waals surface area (Å²) in [4.78, 5) is 4.54. The van der Waals surface area contributed by atoms with Crippen molar-refractivity contribution in [3.8, 4) is 0 Å². The van der Waals surface area contributed by atoms with Crippen molar-refractivity contribution in [2.45, 2.75) is 25.2 Å². The van der Waals surface area contributed by atoms with Crippen LogP contribution < -0.4 is 5.32 Å². The van der Waals surface area contributed by atoms with Gasteiger partial charge in [0.25, 0.3) is 0 Å². The van der Waals surface area contributed by atoms with Crippen LogP contribution >= 0.6 is 22.6 Å². The van der Waals surface area contributed by atoms with Crippen molar-refractivity contribution in [2.24, 2.45) is 0 Å². The molecule has 0 unspecified atom stereocenters. The molecule has 0 saturated carbocycles. The van der Waals surface area contributed by atoms with Crippen LogP contribution in [-0.4, -0.2) is 23.2 Å². The van der Waals surface area contributed by atoms with Gasteiger partial charge in [-0.2, -0.15) is 4.98 Å². The van der Waals surface area contributed by atoms with Gasteiger partial charge in [0, 0.05) is 15.9 Å². The maximum Gasteiger partial charge on any atom is 0.229 e. The highest BCUT2D eigenvalue weighted by Gasteiger charge is 2.21. The van der Waals surface area contributed by atoms with E-state index < -0.39 is 0 Å². The molecule has 4 nitrogen and oxygen atoms in total. The Balaban J connectivity index is 1.68. The number of rotatable bonds is 3. The van der Waals surface area contributed by atoms with Crippen molar-refractivity contribution in [3.63, 3.8) is 0 Å².